The first-order chi connectivity index (χ1) is 12.2. The van der Waals surface area contributed by atoms with Gasteiger partial charge >= 0.3 is 5.97 Å². The van der Waals surface area contributed by atoms with Gasteiger partial charge in [0.05, 0.1) is 12.2 Å². The van der Waals surface area contributed by atoms with Crippen LogP contribution >= 0.6 is 7.14 Å². The van der Waals surface area contributed by atoms with Crippen molar-refractivity contribution in [3.63, 3.8) is 0 Å². The average Bonchev–Trinajstić information content (AvgIpc) is 2.69. The van der Waals surface area contributed by atoms with Crippen molar-refractivity contribution in [1.29, 1.82) is 0 Å². The molecular formula is C21H31O3P. The summed E-state index contributed by atoms with van der Waals surface area (Å²) in [6.45, 7) is 2.19. The lowest BCUT2D eigenvalue weighted by molar-refractivity contribution is 0.0526. The molecule has 0 aliphatic heterocycles. The molecule has 0 aromatic heterocycles. The van der Waals surface area contributed by atoms with Crippen molar-refractivity contribution in [1.82, 2.24) is 0 Å². The van der Waals surface area contributed by atoms with Crippen LogP contribution in [-0.4, -0.2) is 23.9 Å². The zero-order chi connectivity index (χ0) is 17.7. The summed E-state index contributed by atoms with van der Waals surface area (Å²) < 4.78 is 19.5. The molecule has 0 unspecified atom stereocenters. The summed E-state index contributed by atoms with van der Waals surface area (Å²) in [7, 11) is -2.44. The highest BCUT2D eigenvalue weighted by molar-refractivity contribution is 7.73. The van der Waals surface area contributed by atoms with E-state index in [1.807, 2.05) is 31.2 Å². The van der Waals surface area contributed by atoms with Crippen LogP contribution in [0.4, 0.5) is 0 Å². The highest BCUT2D eigenvalue weighted by atomic mass is 31.2. The Morgan fingerprint density at radius 2 is 1.40 bits per heavy atom. The molecule has 138 valence electrons. The van der Waals surface area contributed by atoms with Gasteiger partial charge in [-0.15, -0.1) is 0 Å². The van der Waals surface area contributed by atoms with E-state index in [9.17, 15) is 9.36 Å². The second-order valence-corrected chi connectivity index (χ2v) is 11.0. The molecule has 4 heteroatoms. The molecule has 0 saturated heterocycles. The van der Waals surface area contributed by atoms with Gasteiger partial charge in [-0.05, 0) is 44.7 Å². The highest BCUT2D eigenvalue weighted by Gasteiger charge is 2.42. The first kappa shape index (κ1) is 18.7. The molecule has 3 nitrogen and oxygen atoms in total. The Morgan fingerprint density at radius 3 is 1.84 bits per heavy atom. The van der Waals surface area contributed by atoms with Crippen LogP contribution in [0.2, 0.25) is 0 Å². The molecule has 1 aromatic rings. The van der Waals surface area contributed by atoms with E-state index in [0.717, 1.165) is 31.0 Å². The molecular weight excluding hydrogens is 331 g/mol. The molecule has 1 aromatic carbocycles. The fourth-order valence-electron chi connectivity index (χ4n) is 4.69. The quantitative estimate of drug-likeness (QED) is 0.512. The summed E-state index contributed by atoms with van der Waals surface area (Å²) in [4.78, 5) is 11.9. The number of benzene rings is 1. The van der Waals surface area contributed by atoms with E-state index in [1.54, 1.807) is 0 Å². The maximum absolute atomic E-state index is 14.4. The highest BCUT2D eigenvalue weighted by Crippen LogP contribution is 2.61. The maximum atomic E-state index is 14.4. The zero-order valence-corrected chi connectivity index (χ0v) is 16.3. The fourth-order valence-corrected chi connectivity index (χ4v) is 9.01. The van der Waals surface area contributed by atoms with E-state index in [1.165, 1.54) is 38.5 Å². The molecule has 2 aliphatic rings. The molecule has 0 amide bonds. The van der Waals surface area contributed by atoms with Gasteiger partial charge in [0, 0.05) is 16.6 Å². The van der Waals surface area contributed by atoms with Gasteiger partial charge in [-0.3, -0.25) is 0 Å². The Balaban J connectivity index is 1.90. The van der Waals surface area contributed by atoms with Crippen LogP contribution in [0.3, 0.4) is 0 Å². The van der Waals surface area contributed by atoms with Crippen molar-refractivity contribution in [2.45, 2.75) is 82.4 Å². The first-order valence-corrected chi connectivity index (χ1v) is 11.9. The number of ether oxygens (including phenoxy) is 1. The van der Waals surface area contributed by atoms with Crippen LogP contribution in [-0.2, 0) is 9.30 Å². The van der Waals surface area contributed by atoms with Crippen LogP contribution in [0.1, 0.15) is 81.5 Å². The van der Waals surface area contributed by atoms with Gasteiger partial charge in [0.25, 0.3) is 0 Å². The molecule has 0 bridgehead atoms. The molecule has 0 spiro atoms. The van der Waals surface area contributed by atoms with E-state index in [4.69, 9.17) is 4.74 Å². The summed E-state index contributed by atoms with van der Waals surface area (Å²) in [6.07, 6.45) is 11.8. The molecule has 0 N–H and O–H groups in total. The van der Waals surface area contributed by atoms with Crippen molar-refractivity contribution in [2.75, 3.05) is 6.61 Å². The van der Waals surface area contributed by atoms with E-state index >= 15 is 0 Å². The number of carbonyl (C=O) groups excluding carboxylic acids is 1. The van der Waals surface area contributed by atoms with Crippen molar-refractivity contribution in [3.05, 3.63) is 29.8 Å². The normalized spacial score (nSPS) is 20.4. The van der Waals surface area contributed by atoms with Crippen LogP contribution in [0.25, 0.3) is 0 Å². The van der Waals surface area contributed by atoms with Gasteiger partial charge in [-0.2, -0.15) is 0 Å². The third kappa shape index (κ3) is 4.03. The Kier molecular flexibility index (Phi) is 6.39. The van der Waals surface area contributed by atoms with Gasteiger partial charge in [-0.25, -0.2) is 4.79 Å². The van der Waals surface area contributed by atoms with Gasteiger partial charge in [0.2, 0.25) is 0 Å². The number of carbonyl (C=O) groups is 1. The van der Waals surface area contributed by atoms with Crippen molar-refractivity contribution in [3.8, 4) is 0 Å². The number of hydrogen-bond acceptors (Lipinski definition) is 3. The Labute approximate surface area is 151 Å². The molecule has 0 radical (unpaired) electrons. The van der Waals surface area contributed by atoms with Gasteiger partial charge in [0.1, 0.15) is 7.14 Å². The minimum atomic E-state index is -2.44. The van der Waals surface area contributed by atoms with E-state index in [0.29, 0.717) is 23.5 Å². The summed E-state index contributed by atoms with van der Waals surface area (Å²) in [6, 6.07) is 7.53. The first-order valence-electron chi connectivity index (χ1n) is 10.0. The second kappa shape index (κ2) is 8.54. The maximum Gasteiger partial charge on any atom is 0.338 e. The third-order valence-corrected chi connectivity index (χ3v) is 10.3. The second-order valence-electron chi connectivity index (χ2n) is 7.56. The smallest absolute Gasteiger partial charge is 0.338 e. The minimum absolute atomic E-state index is 0.292. The van der Waals surface area contributed by atoms with Crippen LogP contribution in [0, 0.1) is 0 Å². The minimum Gasteiger partial charge on any atom is -0.462 e. The monoisotopic (exact) mass is 362 g/mol. The molecule has 2 saturated carbocycles. The summed E-state index contributed by atoms with van der Waals surface area (Å²) >= 11 is 0. The SMILES string of the molecule is CCOC(=O)c1ccc(P(=O)(C2CCCCC2)C2CCCCC2)cc1. The molecule has 2 aliphatic carbocycles. The summed E-state index contributed by atoms with van der Waals surface area (Å²) in [5.41, 5.74) is 1.25. The van der Waals surface area contributed by atoms with E-state index in [-0.39, 0.29) is 5.97 Å². The third-order valence-electron chi connectivity index (χ3n) is 6.02. The molecule has 3 rings (SSSR count). The van der Waals surface area contributed by atoms with Gasteiger partial charge < -0.3 is 9.30 Å². The lowest BCUT2D eigenvalue weighted by atomic mass is 9.99. The van der Waals surface area contributed by atoms with Crippen molar-refractivity contribution >= 4 is 18.4 Å². The lowest BCUT2D eigenvalue weighted by Crippen LogP contribution is -2.29. The van der Waals surface area contributed by atoms with Gasteiger partial charge in [0.15, 0.2) is 0 Å². The van der Waals surface area contributed by atoms with Crippen LogP contribution in [0.15, 0.2) is 24.3 Å². The molecule has 0 atom stereocenters. The Bertz CT molecular complexity index is 589. The molecule has 25 heavy (non-hydrogen) atoms. The van der Waals surface area contributed by atoms with Crippen LogP contribution < -0.4 is 5.30 Å². The van der Waals surface area contributed by atoms with Crippen LogP contribution in [0.5, 0.6) is 0 Å². The fraction of sp³-hybridized carbons (Fsp3) is 0.667. The average molecular weight is 362 g/mol. The molecule has 0 heterocycles. The van der Waals surface area contributed by atoms with E-state index < -0.39 is 7.14 Å². The van der Waals surface area contributed by atoms with Crippen molar-refractivity contribution < 1.29 is 14.1 Å². The Morgan fingerprint density at radius 1 is 0.920 bits per heavy atom. The standard InChI is InChI=1S/C21H31O3P/c1-2-24-21(22)17-13-15-20(16-14-17)25(23,18-9-5-3-6-10-18)19-11-7-4-8-12-19/h13-16,18-19H,2-12H2,1H3. The zero-order valence-electron chi connectivity index (χ0n) is 15.4. The number of hydrogen-bond donors (Lipinski definition) is 0. The Hall–Kier alpha value is -1.08. The number of rotatable bonds is 5. The predicted molar refractivity (Wildman–Crippen MR) is 103 cm³/mol. The number of esters is 1. The topological polar surface area (TPSA) is 43.4 Å². The lowest BCUT2D eigenvalue weighted by Gasteiger charge is -2.38. The summed E-state index contributed by atoms with van der Waals surface area (Å²) in [5, 5.41) is 0.999. The van der Waals surface area contributed by atoms with E-state index in [2.05, 4.69) is 0 Å². The predicted octanol–water partition coefficient (Wildman–Crippen LogP) is 5.52. The molecule has 2 fully saturated rings. The van der Waals surface area contributed by atoms with Gasteiger partial charge in [-0.1, -0.05) is 50.7 Å². The summed E-state index contributed by atoms with van der Waals surface area (Å²) in [5.74, 6) is -0.292. The largest absolute Gasteiger partial charge is 0.462 e. The van der Waals surface area contributed by atoms with Crippen molar-refractivity contribution in [2.24, 2.45) is 0 Å².